The average Bonchev–Trinajstić information content (AvgIpc) is 2.45. The van der Waals surface area contributed by atoms with Crippen LogP contribution in [-0.4, -0.2) is 26.2 Å². The molecule has 0 aliphatic carbocycles. The van der Waals surface area contributed by atoms with Crippen LogP contribution in [0, 0.1) is 17.7 Å². The van der Waals surface area contributed by atoms with Crippen molar-refractivity contribution in [2.45, 2.75) is 44.0 Å². The summed E-state index contributed by atoms with van der Waals surface area (Å²) < 4.78 is 40.6. The van der Waals surface area contributed by atoms with Crippen molar-refractivity contribution in [1.29, 1.82) is 0 Å². The molecular weight excluding hydrogens is 293 g/mol. The van der Waals surface area contributed by atoms with Crippen LogP contribution in [0.4, 0.5) is 4.39 Å². The Bertz CT molecular complexity index is 628. The van der Waals surface area contributed by atoms with Gasteiger partial charge in [0, 0.05) is 18.0 Å². The summed E-state index contributed by atoms with van der Waals surface area (Å²) in [5.41, 5.74) is 0.0990. The molecule has 0 saturated heterocycles. The SMILES string of the molecule is CCC(CC)NS(=O)(=O)c1ccc(F)cc1C#CCCO. The zero-order chi connectivity index (χ0) is 15.9. The molecule has 0 unspecified atom stereocenters. The van der Waals surface area contributed by atoms with Crippen LogP contribution in [-0.2, 0) is 10.0 Å². The molecule has 2 N–H and O–H groups in total. The Balaban J connectivity index is 3.20. The maximum Gasteiger partial charge on any atom is 0.242 e. The first-order valence-electron chi connectivity index (χ1n) is 6.86. The van der Waals surface area contributed by atoms with Gasteiger partial charge in [-0.25, -0.2) is 17.5 Å². The Morgan fingerprint density at radius 3 is 2.57 bits per heavy atom. The molecule has 6 heteroatoms. The predicted molar refractivity (Wildman–Crippen MR) is 79.7 cm³/mol. The van der Waals surface area contributed by atoms with Gasteiger partial charge >= 0.3 is 0 Å². The number of hydrogen-bond donors (Lipinski definition) is 2. The van der Waals surface area contributed by atoms with Gasteiger partial charge in [0.15, 0.2) is 0 Å². The van der Waals surface area contributed by atoms with Crippen LogP contribution in [0.5, 0.6) is 0 Å². The predicted octanol–water partition coefficient (Wildman–Crippen LogP) is 2.03. The molecule has 0 aromatic heterocycles. The molecule has 0 aliphatic heterocycles. The number of aliphatic hydroxyl groups is 1. The van der Waals surface area contributed by atoms with E-state index >= 15 is 0 Å². The van der Waals surface area contributed by atoms with E-state index < -0.39 is 15.8 Å². The lowest BCUT2D eigenvalue weighted by atomic mass is 10.2. The number of rotatable bonds is 6. The van der Waals surface area contributed by atoms with Gasteiger partial charge in [0.1, 0.15) is 5.82 Å². The first-order valence-corrected chi connectivity index (χ1v) is 8.34. The van der Waals surface area contributed by atoms with Gasteiger partial charge in [-0.3, -0.25) is 0 Å². The fourth-order valence-corrected chi connectivity index (χ4v) is 3.33. The molecule has 0 radical (unpaired) electrons. The molecule has 1 rings (SSSR count). The number of halogens is 1. The molecule has 4 nitrogen and oxygen atoms in total. The molecule has 0 spiro atoms. The number of benzene rings is 1. The summed E-state index contributed by atoms with van der Waals surface area (Å²) >= 11 is 0. The van der Waals surface area contributed by atoms with Gasteiger partial charge in [0.25, 0.3) is 0 Å². The van der Waals surface area contributed by atoms with Gasteiger partial charge in [-0.15, -0.1) is 0 Å². The molecule has 1 aromatic rings. The van der Waals surface area contributed by atoms with Crippen LogP contribution in [0.15, 0.2) is 23.1 Å². The summed E-state index contributed by atoms with van der Waals surface area (Å²) in [6.45, 7) is 3.66. The second kappa shape index (κ2) is 8.13. The first kappa shape index (κ1) is 17.6. The topological polar surface area (TPSA) is 66.4 Å². The fraction of sp³-hybridized carbons (Fsp3) is 0.467. The third-order valence-electron chi connectivity index (χ3n) is 3.00. The highest BCUT2D eigenvalue weighted by atomic mass is 32.2. The summed E-state index contributed by atoms with van der Waals surface area (Å²) in [4.78, 5) is -0.0405. The first-order chi connectivity index (χ1) is 9.94. The Kier molecular flexibility index (Phi) is 6.82. The minimum atomic E-state index is -3.75. The summed E-state index contributed by atoms with van der Waals surface area (Å²) in [6, 6.07) is 3.23. The standard InChI is InChI=1S/C15H20FNO3S/c1-3-14(4-2)17-21(19,20)15-9-8-13(16)11-12(15)7-5-6-10-18/h8-9,11,14,17-18H,3-4,6,10H2,1-2H3. The van der Waals surface area contributed by atoms with E-state index in [0.29, 0.717) is 12.8 Å². The van der Waals surface area contributed by atoms with Crippen molar-refractivity contribution in [2.24, 2.45) is 0 Å². The highest BCUT2D eigenvalue weighted by Gasteiger charge is 2.21. The van der Waals surface area contributed by atoms with E-state index in [9.17, 15) is 12.8 Å². The van der Waals surface area contributed by atoms with E-state index in [2.05, 4.69) is 16.6 Å². The normalized spacial score (nSPS) is 11.3. The second-order valence-electron chi connectivity index (χ2n) is 4.55. The van der Waals surface area contributed by atoms with Gasteiger partial charge in [-0.05, 0) is 31.0 Å². The number of hydrogen-bond acceptors (Lipinski definition) is 3. The van der Waals surface area contributed by atoms with Crippen LogP contribution in [0.2, 0.25) is 0 Å². The summed E-state index contributed by atoms with van der Waals surface area (Å²) in [5, 5.41) is 8.70. The van der Waals surface area contributed by atoms with Crippen LogP contribution < -0.4 is 4.72 Å². The lowest BCUT2D eigenvalue weighted by molar-refractivity contribution is 0.305. The minimum absolute atomic E-state index is 0.0405. The lowest BCUT2D eigenvalue weighted by Gasteiger charge is -2.15. The maximum atomic E-state index is 13.3. The van der Waals surface area contributed by atoms with E-state index in [0.717, 1.165) is 12.1 Å². The van der Waals surface area contributed by atoms with Gasteiger partial charge in [0.05, 0.1) is 11.5 Å². The van der Waals surface area contributed by atoms with Crippen molar-refractivity contribution in [3.63, 3.8) is 0 Å². The Morgan fingerprint density at radius 2 is 2.00 bits per heavy atom. The summed E-state index contributed by atoms with van der Waals surface area (Å²) in [7, 11) is -3.75. The van der Waals surface area contributed by atoms with Crippen molar-refractivity contribution < 1.29 is 17.9 Å². The molecule has 0 saturated carbocycles. The monoisotopic (exact) mass is 313 g/mol. The van der Waals surface area contributed by atoms with Gasteiger partial charge in [-0.2, -0.15) is 0 Å². The number of sulfonamides is 1. The molecule has 116 valence electrons. The van der Waals surface area contributed by atoms with Crippen molar-refractivity contribution >= 4 is 10.0 Å². The molecule has 21 heavy (non-hydrogen) atoms. The molecular formula is C15H20FNO3S. The van der Waals surface area contributed by atoms with E-state index in [1.54, 1.807) is 0 Å². The molecule has 0 fully saturated rings. The van der Waals surface area contributed by atoms with E-state index in [1.807, 2.05) is 13.8 Å². The maximum absolute atomic E-state index is 13.3. The molecule has 0 amide bonds. The van der Waals surface area contributed by atoms with Crippen LogP contribution in [0.25, 0.3) is 0 Å². The third-order valence-corrected chi connectivity index (χ3v) is 4.58. The van der Waals surface area contributed by atoms with Crippen molar-refractivity contribution in [1.82, 2.24) is 4.72 Å². The number of aliphatic hydroxyl groups excluding tert-OH is 1. The van der Waals surface area contributed by atoms with E-state index in [1.165, 1.54) is 6.07 Å². The second-order valence-corrected chi connectivity index (χ2v) is 6.23. The van der Waals surface area contributed by atoms with Crippen molar-refractivity contribution in [3.05, 3.63) is 29.6 Å². The summed E-state index contributed by atoms with van der Waals surface area (Å²) in [5.74, 6) is 4.66. The Hall–Kier alpha value is -1.42. The summed E-state index contributed by atoms with van der Waals surface area (Å²) in [6.07, 6.45) is 1.54. The van der Waals surface area contributed by atoms with Gasteiger partial charge in [0.2, 0.25) is 10.0 Å². The molecule has 0 bridgehead atoms. The van der Waals surface area contributed by atoms with Gasteiger partial charge in [-0.1, -0.05) is 25.7 Å². The van der Waals surface area contributed by atoms with Gasteiger partial charge < -0.3 is 5.11 Å². The van der Waals surface area contributed by atoms with E-state index in [-0.39, 0.29) is 29.5 Å². The van der Waals surface area contributed by atoms with Crippen molar-refractivity contribution in [3.8, 4) is 11.8 Å². The molecule has 0 atom stereocenters. The lowest BCUT2D eigenvalue weighted by Crippen LogP contribution is -2.34. The quantitative estimate of drug-likeness (QED) is 0.790. The van der Waals surface area contributed by atoms with E-state index in [4.69, 9.17) is 5.11 Å². The fourth-order valence-electron chi connectivity index (χ4n) is 1.79. The Labute approximate surface area is 125 Å². The van der Waals surface area contributed by atoms with Crippen LogP contribution in [0.1, 0.15) is 38.7 Å². The highest BCUT2D eigenvalue weighted by molar-refractivity contribution is 7.89. The third kappa shape index (κ3) is 5.12. The Morgan fingerprint density at radius 1 is 1.33 bits per heavy atom. The zero-order valence-electron chi connectivity index (χ0n) is 12.2. The molecule has 1 aromatic carbocycles. The number of nitrogens with one attached hydrogen (secondary N) is 1. The minimum Gasteiger partial charge on any atom is -0.395 e. The van der Waals surface area contributed by atoms with Crippen LogP contribution >= 0.6 is 0 Å². The average molecular weight is 313 g/mol. The largest absolute Gasteiger partial charge is 0.395 e. The molecule has 0 heterocycles. The molecule has 0 aliphatic rings. The smallest absolute Gasteiger partial charge is 0.242 e. The highest BCUT2D eigenvalue weighted by Crippen LogP contribution is 2.17. The van der Waals surface area contributed by atoms with Crippen molar-refractivity contribution in [2.75, 3.05) is 6.61 Å². The zero-order valence-corrected chi connectivity index (χ0v) is 13.0. The van der Waals surface area contributed by atoms with Crippen LogP contribution in [0.3, 0.4) is 0 Å².